The van der Waals surface area contributed by atoms with Gasteiger partial charge in [0.15, 0.2) is 0 Å². The van der Waals surface area contributed by atoms with Crippen LogP contribution in [-0.4, -0.2) is 28.1 Å². The lowest BCUT2D eigenvalue weighted by Crippen LogP contribution is -2.24. The molecule has 0 atom stereocenters. The molecule has 20 heavy (non-hydrogen) atoms. The van der Waals surface area contributed by atoms with E-state index in [4.69, 9.17) is 5.11 Å². The van der Waals surface area contributed by atoms with Gasteiger partial charge >= 0.3 is 0 Å². The van der Waals surface area contributed by atoms with Gasteiger partial charge in [-0.1, -0.05) is 13.8 Å². The zero-order chi connectivity index (χ0) is 15.3. The van der Waals surface area contributed by atoms with Crippen molar-refractivity contribution in [3.8, 4) is 0 Å². The molecule has 2 N–H and O–H groups in total. The molecule has 0 aliphatic carbocycles. The summed E-state index contributed by atoms with van der Waals surface area (Å²) >= 11 is 0. The van der Waals surface area contributed by atoms with Gasteiger partial charge in [0.2, 0.25) is 0 Å². The summed E-state index contributed by atoms with van der Waals surface area (Å²) in [6.07, 6.45) is 0.542. The monoisotopic (exact) mass is 283 g/mol. The summed E-state index contributed by atoms with van der Waals surface area (Å²) in [6, 6.07) is 3.47. The number of benzene rings is 1. The van der Waals surface area contributed by atoms with Gasteiger partial charge in [0.1, 0.15) is 5.69 Å². The van der Waals surface area contributed by atoms with Crippen molar-refractivity contribution in [3.05, 3.63) is 38.4 Å². The van der Waals surface area contributed by atoms with E-state index in [1.54, 1.807) is 0 Å². The molecule has 0 bridgehead atoms. The maximum atomic E-state index is 10.9. The molecule has 8 heteroatoms. The number of anilines is 1. The minimum Gasteiger partial charge on any atom is -0.396 e. The molecule has 0 heterocycles. The van der Waals surface area contributed by atoms with Gasteiger partial charge in [0.25, 0.3) is 11.4 Å². The largest absolute Gasteiger partial charge is 0.396 e. The molecule has 110 valence electrons. The second-order valence-corrected chi connectivity index (χ2v) is 5.21. The van der Waals surface area contributed by atoms with Gasteiger partial charge < -0.3 is 10.4 Å². The Bertz CT molecular complexity index is 516. The van der Waals surface area contributed by atoms with Gasteiger partial charge in [0, 0.05) is 19.2 Å². The fraction of sp³-hybridized carbons (Fsp3) is 0.500. The number of hydrogen-bond acceptors (Lipinski definition) is 6. The minimum absolute atomic E-state index is 0.0248. The van der Waals surface area contributed by atoms with Gasteiger partial charge in [-0.2, -0.15) is 0 Å². The first-order valence-electron chi connectivity index (χ1n) is 6.04. The van der Waals surface area contributed by atoms with E-state index in [0.717, 1.165) is 6.07 Å². The highest BCUT2D eigenvalue weighted by Crippen LogP contribution is 2.30. The lowest BCUT2D eigenvalue weighted by atomic mass is 9.89. The molecule has 0 fully saturated rings. The quantitative estimate of drug-likeness (QED) is 0.585. The molecule has 0 spiro atoms. The van der Waals surface area contributed by atoms with E-state index in [2.05, 4.69) is 5.32 Å². The molecular formula is C12H17N3O5. The maximum Gasteiger partial charge on any atom is 0.299 e. The van der Waals surface area contributed by atoms with Crippen molar-refractivity contribution in [2.24, 2.45) is 5.41 Å². The van der Waals surface area contributed by atoms with Crippen molar-refractivity contribution >= 4 is 17.1 Å². The molecule has 0 saturated heterocycles. The van der Waals surface area contributed by atoms with Crippen LogP contribution in [0.1, 0.15) is 20.3 Å². The molecule has 0 aromatic heterocycles. The Kier molecular flexibility index (Phi) is 4.98. The molecule has 0 aliphatic rings. The average molecular weight is 283 g/mol. The molecule has 0 unspecified atom stereocenters. The predicted molar refractivity (Wildman–Crippen MR) is 73.7 cm³/mol. The summed E-state index contributed by atoms with van der Waals surface area (Å²) in [5.41, 5.74) is -0.674. The third-order valence-electron chi connectivity index (χ3n) is 2.93. The zero-order valence-electron chi connectivity index (χ0n) is 11.3. The number of hydrogen-bond donors (Lipinski definition) is 2. The van der Waals surface area contributed by atoms with Crippen LogP contribution in [0, 0.1) is 25.6 Å². The highest BCUT2D eigenvalue weighted by Gasteiger charge is 2.22. The Morgan fingerprint density at radius 2 is 1.90 bits per heavy atom. The van der Waals surface area contributed by atoms with Crippen LogP contribution < -0.4 is 5.32 Å². The van der Waals surface area contributed by atoms with Crippen molar-refractivity contribution < 1.29 is 15.0 Å². The van der Waals surface area contributed by atoms with Gasteiger partial charge in [0.05, 0.1) is 15.9 Å². The molecule has 0 amide bonds. The number of rotatable bonds is 7. The molecule has 1 rings (SSSR count). The maximum absolute atomic E-state index is 10.9. The van der Waals surface area contributed by atoms with Crippen LogP contribution in [0.5, 0.6) is 0 Å². The summed E-state index contributed by atoms with van der Waals surface area (Å²) in [4.78, 5) is 20.2. The minimum atomic E-state index is -0.674. The first-order chi connectivity index (χ1) is 9.26. The van der Waals surface area contributed by atoms with Crippen molar-refractivity contribution in [1.82, 2.24) is 0 Å². The van der Waals surface area contributed by atoms with Crippen LogP contribution in [0.2, 0.25) is 0 Å². The van der Waals surface area contributed by atoms with E-state index in [0.29, 0.717) is 13.0 Å². The Labute approximate surface area is 115 Å². The Morgan fingerprint density at radius 1 is 1.25 bits per heavy atom. The number of aliphatic hydroxyl groups excluding tert-OH is 1. The smallest absolute Gasteiger partial charge is 0.299 e. The third-order valence-corrected chi connectivity index (χ3v) is 2.93. The summed E-state index contributed by atoms with van der Waals surface area (Å²) < 4.78 is 0. The van der Waals surface area contributed by atoms with Crippen LogP contribution in [0.15, 0.2) is 18.2 Å². The molecule has 0 radical (unpaired) electrons. The number of nitrogens with zero attached hydrogens (tertiary/aromatic N) is 2. The van der Waals surface area contributed by atoms with Crippen LogP contribution in [-0.2, 0) is 0 Å². The van der Waals surface area contributed by atoms with E-state index >= 15 is 0 Å². The molecule has 1 aromatic rings. The second kappa shape index (κ2) is 6.29. The standard InChI is InChI=1S/C12H17N3O5/c1-12(2,5-6-16)8-13-10-4-3-9(14(17)18)7-11(10)15(19)20/h3-4,7,13,16H,5-6,8H2,1-2H3. The molecular weight excluding hydrogens is 266 g/mol. The number of nitro groups is 2. The molecule has 8 nitrogen and oxygen atoms in total. The van der Waals surface area contributed by atoms with Gasteiger partial charge in [-0.3, -0.25) is 20.2 Å². The van der Waals surface area contributed by atoms with Gasteiger partial charge in [-0.15, -0.1) is 0 Å². The van der Waals surface area contributed by atoms with Gasteiger partial charge in [-0.25, -0.2) is 0 Å². The SMILES string of the molecule is CC(C)(CCO)CNc1ccc([N+](=O)[O-])cc1[N+](=O)[O-]. The lowest BCUT2D eigenvalue weighted by Gasteiger charge is -2.24. The highest BCUT2D eigenvalue weighted by molar-refractivity contribution is 5.65. The summed E-state index contributed by atoms with van der Waals surface area (Å²) in [5, 5.41) is 33.4. The summed E-state index contributed by atoms with van der Waals surface area (Å²) in [7, 11) is 0. The summed E-state index contributed by atoms with van der Waals surface area (Å²) in [5.74, 6) is 0. The van der Waals surface area contributed by atoms with Crippen LogP contribution in [0.3, 0.4) is 0 Å². The number of nitro benzene ring substituents is 2. The van der Waals surface area contributed by atoms with Crippen LogP contribution >= 0.6 is 0 Å². The van der Waals surface area contributed by atoms with Crippen molar-refractivity contribution in [2.75, 3.05) is 18.5 Å². The fourth-order valence-electron chi connectivity index (χ4n) is 1.66. The lowest BCUT2D eigenvalue weighted by molar-refractivity contribution is -0.393. The van der Waals surface area contributed by atoms with E-state index in [9.17, 15) is 20.2 Å². The number of non-ortho nitro benzene ring substituents is 1. The van der Waals surface area contributed by atoms with Crippen LogP contribution in [0.25, 0.3) is 0 Å². The van der Waals surface area contributed by atoms with E-state index in [1.807, 2.05) is 13.8 Å². The normalized spacial score (nSPS) is 11.2. The van der Waals surface area contributed by atoms with Crippen molar-refractivity contribution in [1.29, 1.82) is 0 Å². The highest BCUT2D eigenvalue weighted by atomic mass is 16.6. The summed E-state index contributed by atoms with van der Waals surface area (Å²) in [6.45, 7) is 4.25. The van der Waals surface area contributed by atoms with E-state index in [-0.39, 0.29) is 29.1 Å². The van der Waals surface area contributed by atoms with Gasteiger partial charge in [-0.05, 0) is 17.9 Å². The van der Waals surface area contributed by atoms with Crippen molar-refractivity contribution in [2.45, 2.75) is 20.3 Å². The molecule has 1 aromatic carbocycles. The van der Waals surface area contributed by atoms with Crippen molar-refractivity contribution in [3.63, 3.8) is 0 Å². The topological polar surface area (TPSA) is 119 Å². The molecule has 0 aliphatic heterocycles. The second-order valence-electron chi connectivity index (χ2n) is 5.21. The zero-order valence-corrected chi connectivity index (χ0v) is 11.3. The Hall–Kier alpha value is -2.22. The Morgan fingerprint density at radius 3 is 2.40 bits per heavy atom. The fourth-order valence-corrected chi connectivity index (χ4v) is 1.66. The average Bonchev–Trinajstić information content (AvgIpc) is 2.36. The van der Waals surface area contributed by atoms with E-state index in [1.165, 1.54) is 12.1 Å². The van der Waals surface area contributed by atoms with E-state index < -0.39 is 9.85 Å². The Balaban J connectivity index is 2.95. The third kappa shape index (κ3) is 4.16. The first kappa shape index (κ1) is 15.8. The molecule has 0 saturated carbocycles. The van der Waals surface area contributed by atoms with Crippen LogP contribution in [0.4, 0.5) is 17.1 Å². The number of nitrogens with one attached hydrogen (secondary N) is 1. The predicted octanol–water partition coefficient (Wildman–Crippen LogP) is 2.32. The number of aliphatic hydroxyl groups is 1. The first-order valence-corrected chi connectivity index (χ1v) is 6.04.